The first-order valence-corrected chi connectivity index (χ1v) is 7.82. The van der Waals surface area contributed by atoms with Crippen molar-refractivity contribution in [3.8, 4) is 11.4 Å². The molecule has 0 fully saturated rings. The molecule has 0 radical (unpaired) electrons. The first-order valence-electron chi connectivity index (χ1n) is 7.82. The molecule has 7 nitrogen and oxygen atoms in total. The van der Waals surface area contributed by atoms with Crippen LogP contribution in [0.2, 0.25) is 0 Å². The SMILES string of the molecule is CC(C)(OCc1conc1-c1ccc(F)cn1)c1ccc(C(N)=O)cn1. The molecule has 134 valence electrons. The third-order valence-corrected chi connectivity index (χ3v) is 3.87. The number of hydrogen-bond acceptors (Lipinski definition) is 6. The molecular formula is C18H17FN4O3. The monoisotopic (exact) mass is 356 g/mol. The third-order valence-electron chi connectivity index (χ3n) is 3.87. The van der Waals surface area contributed by atoms with Gasteiger partial charge in [0.15, 0.2) is 0 Å². The molecule has 0 saturated heterocycles. The summed E-state index contributed by atoms with van der Waals surface area (Å²) in [6.07, 6.45) is 3.99. The van der Waals surface area contributed by atoms with Crippen LogP contribution in [-0.2, 0) is 16.9 Å². The number of hydrogen-bond donors (Lipinski definition) is 1. The first-order chi connectivity index (χ1) is 12.4. The van der Waals surface area contributed by atoms with E-state index in [1.807, 2.05) is 13.8 Å². The number of aromatic nitrogens is 3. The van der Waals surface area contributed by atoms with E-state index in [0.717, 1.165) is 6.20 Å². The molecule has 0 aliphatic rings. The van der Waals surface area contributed by atoms with Crippen molar-refractivity contribution in [3.63, 3.8) is 0 Å². The lowest BCUT2D eigenvalue weighted by atomic mass is 10.0. The summed E-state index contributed by atoms with van der Waals surface area (Å²) in [7, 11) is 0. The molecule has 1 amide bonds. The Labute approximate surface area is 149 Å². The van der Waals surface area contributed by atoms with E-state index >= 15 is 0 Å². The van der Waals surface area contributed by atoms with E-state index < -0.39 is 17.3 Å². The topological polar surface area (TPSA) is 104 Å². The molecule has 2 N–H and O–H groups in total. The maximum Gasteiger partial charge on any atom is 0.250 e. The van der Waals surface area contributed by atoms with Crippen LogP contribution in [0.3, 0.4) is 0 Å². The number of carbonyl (C=O) groups is 1. The molecule has 8 heteroatoms. The van der Waals surface area contributed by atoms with Crippen molar-refractivity contribution in [1.82, 2.24) is 15.1 Å². The minimum atomic E-state index is -0.735. The summed E-state index contributed by atoms with van der Waals surface area (Å²) >= 11 is 0. The fourth-order valence-electron chi connectivity index (χ4n) is 2.31. The zero-order chi connectivity index (χ0) is 18.7. The number of nitrogens with two attached hydrogens (primary N) is 1. The molecule has 0 spiro atoms. The van der Waals surface area contributed by atoms with Gasteiger partial charge >= 0.3 is 0 Å². The van der Waals surface area contributed by atoms with Gasteiger partial charge in [0.05, 0.1) is 29.8 Å². The Hall–Kier alpha value is -3.13. The van der Waals surface area contributed by atoms with Gasteiger partial charge in [0.2, 0.25) is 5.91 Å². The smallest absolute Gasteiger partial charge is 0.250 e. The Balaban J connectivity index is 1.75. The van der Waals surface area contributed by atoms with Crippen molar-refractivity contribution in [1.29, 1.82) is 0 Å². The average Bonchev–Trinajstić information content (AvgIpc) is 3.09. The second-order valence-electron chi connectivity index (χ2n) is 6.15. The summed E-state index contributed by atoms with van der Waals surface area (Å²) in [5, 5.41) is 3.91. The standard InChI is InChI=1S/C18H17FN4O3/c1-18(2,15-6-3-11(7-22-15)17(20)24)25-9-12-10-26-23-16(12)14-5-4-13(19)8-21-14/h3-8,10H,9H2,1-2H3,(H2,20,24). The Morgan fingerprint density at radius 3 is 2.65 bits per heavy atom. The number of halogens is 1. The highest BCUT2D eigenvalue weighted by molar-refractivity contribution is 5.92. The van der Waals surface area contributed by atoms with E-state index in [0.29, 0.717) is 28.2 Å². The summed E-state index contributed by atoms with van der Waals surface area (Å²) in [6.45, 7) is 3.88. The van der Waals surface area contributed by atoms with E-state index in [2.05, 4.69) is 15.1 Å². The van der Waals surface area contributed by atoms with Crippen molar-refractivity contribution < 1.29 is 18.4 Å². The number of amides is 1. The fourth-order valence-corrected chi connectivity index (χ4v) is 2.31. The molecule has 0 saturated carbocycles. The fraction of sp³-hybridized carbons (Fsp3) is 0.222. The minimum absolute atomic E-state index is 0.185. The Kier molecular flexibility index (Phi) is 4.77. The number of ether oxygens (including phenoxy) is 1. The number of carbonyl (C=O) groups excluding carboxylic acids is 1. The number of rotatable bonds is 6. The van der Waals surface area contributed by atoms with Crippen LogP contribution in [0.15, 0.2) is 47.4 Å². The van der Waals surface area contributed by atoms with Crippen molar-refractivity contribution in [2.24, 2.45) is 5.73 Å². The van der Waals surface area contributed by atoms with Crippen LogP contribution in [-0.4, -0.2) is 21.0 Å². The first kappa shape index (κ1) is 17.7. The summed E-state index contributed by atoms with van der Waals surface area (Å²) < 4.78 is 24.0. The summed E-state index contributed by atoms with van der Waals surface area (Å²) in [5.74, 6) is -0.967. The van der Waals surface area contributed by atoms with Crippen LogP contribution in [0.4, 0.5) is 4.39 Å². The molecule has 0 aromatic carbocycles. The molecular weight excluding hydrogens is 339 g/mol. The molecule has 0 atom stereocenters. The summed E-state index contributed by atoms with van der Waals surface area (Å²) in [4.78, 5) is 19.4. The predicted molar refractivity (Wildman–Crippen MR) is 90.3 cm³/mol. The maximum absolute atomic E-state index is 13.0. The van der Waals surface area contributed by atoms with Crippen molar-refractivity contribution in [3.05, 3.63) is 65.6 Å². The lowest BCUT2D eigenvalue weighted by molar-refractivity contribution is -0.0367. The van der Waals surface area contributed by atoms with Crippen LogP contribution in [0.5, 0.6) is 0 Å². The largest absolute Gasteiger partial charge is 0.366 e. The average molecular weight is 356 g/mol. The van der Waals surface area contributed by atoms with Gasteiger partial charge in [-0.15, -0.1) is 0 Å². The van der Waals surface area contributed by atoms with Crippen LogP contribution >= 0.6 is 0 Å². The van der Waals surface area contributed by atoms with E-state index in [1.54, 1.807) is 12.1 Å². The molecule has 0 unspecified atom stereocenters. The van der Waals surface area contributed by atoms with E-state index in [4.69, 9.17) is 15.0 Å². The molecule has 3 aromatic heterocycles. The molecule has 0 aliphatic carbocycles. The van der Waals surface area contributed by atoms with Crippen molar-refractivity contribution >= 4 is 5.91 Å². The van der Waals surface area contributed by atoms with Crippen LogP contribution in [0.25, 0.3) is 11.4 Å². The molecule has 0 bridgehead atoms. The van der Waals surface area contributed by atoms with Crippen molar-refractivity contribution in [2.75, 3.05) is 0 Å². The number of primary amides is 1. The van der Waals surface area contributed by atoms with Gasteiger partial charge in [-0.2, -0.15) is 0 Å². The highest BCUT2D eigenvalue weighted by Gasteiger charge is 2.24. The van der Waals surface area contributed by atoms with Crippen LogP contribution < -0.4 is 5.73 Å². The Morgan fingerprint density at radius 1 is 1.23 bits per heavy atom. The van der Waals surface area contributed by atoms with Gasteiger partial charge in [0.1, 0.15) is 23.4 Å². The quantitative estimate of drug-likeness (QED) is 0.728. The van der Waals surface area contributed by atoms with Gasteiger partial charge in [-0.3, -0.25) is 14.8 Å². The van der Waals surface area contributed by atoms with Crippen molar-refractivity contribution in [2.45, 2.75) is 26.1 Å². The van der Waals surface area contributed by atoms with E-state index in [1.165, 1.54) is 24.6 Å². The van der Waals surface area contributed by atoms with Gasteiger partial charge in [-0.25, -0.2) is 4.39 Å². The number of nitrogens with zero attached hydrogens (tertiary/aromatic N) is 3. The van der Waals surface area contributed by atoms with Crippen LogP contribution in [0, 0.1) is 5.82 Å². The van der Waals surface area contributed by atoms with Gasteiger partial charge in [0, 0.05) is 11.8 Å². The normalized spacial score (nSPS) is 11.5. The van der Waals surface area contributed by atoms with Crippen LogP contribution in [0.1, 0.15) is 35.5 Å². The van der Waals surface area contributed by atoms with Gasteiger partial charge in [-0.1, -0.05) is 5.16 Å². The van der Waals surface area contributed by atoms with E-state index in [9.17, 15) is 9.18 Å². The van der Waals surface area contributed by atoms with E-state index in [-0.39, 0.29) is 6.61 Å². The summed E-state index contributed by atoms with van der Waals surface area (Å²) in [5.41, 5.74) is 7.09. The molecule has 3 heterocycles. The maximum atomic E-state index is 13.0. The minimum Gasteiger partial charge on any atom is -0.366 e. The highest BCUT2D eigenvalue weighted by atomic mass is 19.1. The second kappa shape index (κ2) is 7.01. The molecule has 26 heavy (non-hydrogen) atoms. The Bertz CT molecular complexity index is 905. The predicted octanol–water partition coefficient (Wildman–Crippen LogP) is 2.82. The third kappa shape index (κ3) is 3.75. The van der Waals surface area contributed by atoms with Gasteiger partial charge in [0.25, 0.3) is 0 Å². The zero-order valence-electron chi connectivity index (χ0n) is 14.3. The van der Waals surface area contributed by atoms with Gasteiger partial charge in [-0.05, 0) is 38.1 Å². The lowest BCUT2D eigenvalue weighted by Gasteiger charge is -2.24. The van der Waals surface area contributed by atoms with Gasteiger partial charge < -0.3 is 15.0 Å². The zero-order valence-corrected chi connectivity index (χ0v) is 14.3. The summed E-state index contributed by atoms with van der Waals surface area (Å²) in [6, 6.07) is 6.11. The second-order valence-corrected chi connectivity index (χ2v) is 6.15. The molecule has 0 aliphatic heterocycles. The Morgan fingerprint density at radius 2 is 2.04 bits per heavy atom. The molecule has 3 rings (SSSR count). The number of pyridine rings is 2. The highest BCUT2D eigenvalue weighted by Crippen LogP contribution is 2.27. The molecule has 3 aromatic rings. The lowest BCUT2D eigenvalue weighted by Crippen LogP contribution is -2.23.